The monoisotopic (exact) mass is 498 g/mol. The number of benzene rings is 1. The van der Waals surface area contributed by atoms with Crippen LogP contribution in [0.3, 0.4) is 0 Å². The van der Waals surface area contributed by atoms with E-state index < -0.39 is 36.1 Å². The number of anilines is 2. The van der Waals surface area contributed by atoms with E-state index in [1.54, 1.807) is 41.2 Å². The van der Waals surface area contributed by atoms with E-state index in [-0.39, 0.29) is 24.3 Å². The number of alkyl halides is 2. The van der Waals surface area contributed by atoms with Gasteiger partial charge in [0.25, 0.3) is 5.92 Å². The van der Waals surface area contributed by atoms with Gasteiger partial charge in [0.1, 0.15) is 11.3 Å². The largest absolute Gasteiger partial charge is 0.383 e. The summed E-state index contributed by atoms with van der Waals surface area (Å²) in [6, 6.07) is 7.65. The van der Waals surface area contributed by atoms with Gasteiger partial charge < -0.3 is 20.7 Å². The minimum atomic E-state index is -2.96. The number of likely N-dealkylation sites (tertiary alicyclic amines) is 1. The Morgan fingerprint density at radius 3 is 2.69 bits per heavy atom. The first-order chi connectivity index (χ1) is 17.3. The number of amides is 2. The number of nitrogens with zero attached hydrogens (tertiary/aromatic N) is 4. The second kappa shape index (κ2) is 9.45. The van der Waals surface area contributed by atoms with Crippen molar-refractivity contribution in [3.8, 4) is 0 Å². The van der Waals surface area contributed by atoms with Gasteiger partial charge in [0.05, 0.1) is 29.5 Å². The Balaban J connectivity index is 1.44. The molecule has 0 aliphatic carbocycles. The third kappa shape index (κ3) is 4.39. The molecule has 3 N–H and O–H groups in total. The zero-order valence-corrected chi connectivity index (χ0v) is 19.9. The van der Waals surface area contributed by atoms with Crippen LogP contribution in [0.5, 0.6) is 0 Å². The number of ether oxygens (including phenoxy) is 1. The third-order valence-corrected chi connectivity index (χ3v) is 7.01. The van der Waals surface area contributed by atoms with Crippen molar-refractivity contribution < 1.29 is 23.1 Å². The normalized spacial score (nSPS) is 24.0. The van der Waals surface area contributed by atoms with Gasteiger partial charge in [0, 0.05) is 25.5 Å². The van der Waals surface area contributed by atoms with E-state index in [1.165, 1.54) is 18.0 Å². The van der Waals surface area contributed by atoms with Gasteiger partial charge >= 0.3 is 11.8 Å². The number of piperidine rings is 1. The van der Waals surface area contributed by atoms with Crippen LogP contribution in [0.25, 0.3) is 10.9 Å². The lowest BCUT2D eigenvalue weighted by Crippen LogP contribution is -2.52. The van der Waals surface area contributed by atoms with Crippen LogP contribution in [0.1, 0.15) is 50.4 Å². The molecule has 2 aromatic heterocycles. The fraction of sp³-hybridized carbons (Fsp3) is 0.440. The maximum atomic E-state index is 14.6. The quantitative estimate of drug-likeness (QED) is 0.530. The number of nitrogen functional groups attached to an aromatic ring is 1. The first kappa shape index (κ1) is 24.1. The molecule has 3 aromatic rings. The van der Waals surface area contributed by atoms with Gasteiger partial charge in [-0.15, -0.1) is 0 Å². The van der Waals surface area contributed by atoms with Crippen molar-refractivity contribution in [2.24, 2.45) is 5.92 Å². The maximum absolute atomic E-state index is 14.6. The average molecular weight is 499 g/mol. The smallest absolute Gasteiger partial charge is 0.314 e. The maximum Gasteiger partial charge on any atom is 0.314 e. The number of nitrogens with one attached hydrogen (secondary N) is 1. The molecule has 11 heteroatoms. The number of nitrogens with two attached hydrogens (primary N) is 1. The molecule has 2 fully saturated rings. The van der Waals surface area contributed by atoms with Crippen LogP contribution in [-0.4, -0.2) is 50.6 Å². The van der Waals surface area contributed by atoms with E-state index in [9.17, 15) is 18.4 Å². The summed E-state index contributed by atoms with van der Waals surface area (Å²) in [5.41, 5.74) is 7.33. The van der Waals surface area contributed by atoms with Crippen molar-refractivity contribution in [3.63, 3.8) is 0 Å². The van der Waals surface area contributed by atoms with Crippen LogP contribution >= 0.6 is 0 Å². The number of aromatic nitrogens is 3. The molecule has 0 bridgehead atoms. The molecule has 190 valence electrons. The molecule has 9 nitrogen and oxygen atoms in total. The first-order valence-electron chi connectivity index (χ1n) is 12.0. The topological polar surface area (TPSA) is 115 Å². The zero-order valence-electron chi connectivity index (χ0n) is 19.9. The highest BCUT2D eigenvalue weighted by Crippen LogP contribution is 2.43. The Kier molecular flexibility index (Phi) is 6.33. The number of hydrogen-bond acceptors (Lipinski definition) is 6. The summed E-state index contributed by atoms with van der Waals surface area (Å²) in [4.78, 5) is 31.9. The summed E-state index contributed by atoms with van der Waals surface area (Å²) in [6.07, 6.45) is 4.68. The molecule has 2 aliphatic heterocycles. The highest BCUT2D eigenvalue weighted by Gasteiger charge is 2.48. The molecule has 36 heavy (non-hydrogen) atoms. The number of hydrogen-bond donors (Lipinski definition) is 2. The highest BCUT2D eigenvalue weighted by molar-refractivity contribution is 6.40. The molecule has 4 heterocycles. The zero-order chi connectivity index (χ0) is 25.4. The molecule has 3 atom stereocenters. The molecular formula is C25H28F2N6O3. The summed E-state index contributed by atoms with van der Waals surface area (Å²) in [6.45, 7) is 1.73. The summed E-state index contributed by atoms with van der Waals surface area (Å²) >= 11 is 0. The highest BCUT2D eigenvalue weighted by atomic mass is 19.3. The SMILES string of the molecule is C[C@@H]1CN(C(=O)C(=O)Nc2cnc(N)c3cnn(C4CCCCO4)c23)[C@@H](c2ccccc2)CC1(F)F. The number of rotatable bonds is 3. The van der Waals surface area contributed by atoms with Crippen LogP contribution in [-0.2, 0) is 14.3 Å². The second-order valence-electron chi connectivity index (χ2n) is 9.43. The van der Waals surface area contributed by atoms with Gasteiger partial charge in [-0.2, -0.15) is 5.10 Å². The summed E-state index contributed by atoms with van der Waals surface area (Å²) in [7, 11) is 0. The third-order valence-electron chi connectivity index (χ3n) is 7.01. The van der Waals surface area contributed by atoms with E-state index in [0.29, 0.717) is 23.1 Å². The minimum Gasteiger partial charge on any atom is -0.383 e. The standard InChI is InChI=1S/C25H28F2N6O3/c1-15-14-32(19(11-25(15,26)27)16-7-3-2-4-8-16)24(35)23(34)31-18-13-29-22(28)17-12-30-33(21(17)18)20-9-5-6-10-36-20/h2-4,7-8,12-13,15,19-20H,5-6,9-11,14H2,1H3,(H2,28,29)(H,31,34)/t15-,19-,20?/m1/s1. The van der Waals surface area contributed by atoms with Gasteiger partial charge in [-0.25, -0.2) is 18.4 Å². The summed E-state index contributed by atoms with van der Waals surface area (Å²) < 4.78 is 36.8. The van der Waals surface area contributed by atoms with E-state index in [1.807, 2.05) is 0 Å². The van der Waals surface area contributed by atoms with Crippen molar-refractivity contribution in [1.82, 2.24) is 19.7 Å². The van der Waals surface area contributed by atoms with Crippen LogP contribution < -0.4 is 11.1 Å². The lowest BCUT2D eigenvalue weighted by molar-refractivity contribution is -0.159. The predicted molar refractivity (Wildman–Crippen MR) is 129 cm³/mol. The number of halogens is 2. The Morgan fingerprint density at radius 2 is 1.97 bits per heavy atom. The van der Waals surface area contributed by atoms with E-state index in [4.69, 9.17) is 10.5 Å². The summed E-state index contributed by atoms with van der Waals surface area (Å²) in [5, 5.41) is 7.55. The molecule has 0 saturated carbocycles. The predicted octanol–water partition coefficient (Wildman–Crippen LogP) is 3.90. The molecule has 2 aliphatic rings. The van der Waals surface area contributed by atoms with Crippen molar-refractivity contribution in [3.05, 3.63) is 48.3 Å². The number of carbonyl (C=O) groups excluding carboxylic acids is 2. The lowest BCUT2D eigenvalue weighted by Gasteiger charge is -2.42. The molecule has 2 amide bonds. The average Bonchev–Trinajstić information content (AvgIpc) is 3.34. The molecule has 0 spiro atoms. The van der Waals surface area contributed by atoms with Gasteiger partial charge in [0.15, 0.2) is 6.23 Å². The van der Waals surface area contributed by atoms with Gasteiger partial charge in [-0.3, -0.25) is 9.59 Å². The van der Waals surface area contributed by atoms with Crippen molar-refractivity contribution >= 4 is 34.2 Å². The van der Waals surface area contributed by atoms with Crippen LogP contribution in [0.4, 0.5) is 20.3 Å². The van der Waals surface area contributed by atoms with Crippen LogP contribution in [0.15, 0.2) is 42.7 Å². The minimum absolute atomic E-state index is 0.229. The Hall–Kier alpha value is -3.60. The Morgan fingerprint density at radius 1 is 1.19 bits per heavy atom. The number of pyridine rings is 1. The van der Waals surface area contributed by atoms with E-state index >= 15 is 0 Å². The summed E-state index contributed by atoms with van der Waals surface area (Å²) in [5.74, 6) is -5.67. The Labute approximate surface area is 206 Å². The first-order valence-corrected chi connectivity index (χ1v) is 12.0. The fourth-order valence-electron chi connectivity index (χ4n) is 4.94. The van der Waals surface area contributed by atoms with Crippen LogP contribution in [0.2, 0.25) is 0 Å². The van der Waals surface area contributed by atoms with Crippen molar-refractivity contribution in [2.45, 2.75) is 50.8 Å². The van der Waals surface area contributed by atoms with E-state index in [2.05, 4.69) is 15.4 Å². The lowest BCUT2D eigenvalue weighted by atomic mass is 9.86. The van der Waals surface area contributed by atoms with Crippen molar-refractivity contribution in [1.29, 1.82) is 0 Å². The van der Waals surface area contributed by atoms with Gasteiger partial charge in [0.2, 0.25) is 0 Å². The van der Waals surface area contributed by atoms with Crippen LogP contribution in [0, 0.1) is 5.92 Å². The molecular weight excluding hydrogens is 470 g/mol. The molecule has 1 unspecified atom stereocenters. The van der Waals surface area contributed by atoms with Gasteiger partial charge in [-0.05, 0) is 24.8 Å². The van der Waals surface area contributed by atoms with Crippen molar-refractivity contribution in [2.75, 3.05) is 24.2 Å². The number of carbonyl (C=O) groups is 2. The number of fused-ring (bicyclic) bond motifs is 1. The Bertz CT molecular complexity index is 1280. The van der Waals surface area contributed by atoms with Gasteiger partial charge in [-0.1, -0.05) is 37.3 Å². The fourth-order valence-corrected chi connectivity index (χ4v) is 4.94. The molecule has 2 saturated heterocycles. The second-order valence-corrected chi connectivity index (χ2v) is 9.43. The van der Waals surface area contributed by atoms with E-state index in [0.717, 1.165) is 19.3 Å². The molecule has 5 rings (SSSR count). The molecule has 1 aromatic carbocycles. The molecule has 0 radical (unpaired) electrons.